The first-order valence-corrected chi connectivity index (χ1v) is 9.32. The molecular formula is C13H29IN4O2S. The van der Waals surface area contributed by atoms with Gasteiger partial charge in [-0.2, -0.15) is 0 Å². The van der Waals surface area contributed by atoms with E-state index >= 15 is 0 Å². The zero-order valence-corrected chi connectivity index (χ0v) is 16.0. The van der Waals surface area contributed by atoms with Gasteiger partial charge in [0.1, 0.15) is 0 Å². The summed E-state index contributed by atoms with van der Waals surface area (Å²) in [5.41, 5.74) is 5.77. The second kappa shape index (κ2) is 11.5. The molecule has 6 nitrogen and oxygen atoms in total. The molecule has 0 saturated carbocycles. The summed E-state index contributed by atoms with van der Waals surface area (Å²) < 4.78 is 22.6. The van der Waals surface area contributed by atoms with Crippen LogP contribution in [0.2, 0.25) is 0 Å². The van der Waals surface area contributed by atoms with Gasteiger partial charge in [0.15, 0.2) is 15.8 Å². The molecule has 21 heavy (non-hydrogen) atoms. The molecule has 1 heterocycles. The topological polar surface area (TPSA) is 87.8 Å². The number of rotatable bonds is 8. The summed E-state index contributed by atoms with van der Waals surface area (Å²) in [6.07, 6.45) is 4.76. The minimum absolute atomic E-state index is 0. The van der Waals surface area contributed by atoms with Crippen molar-refractivity contribution in [2.24, 2.45) is 10.7 Å². The van der Waals surface area contributed by atoms with Crippen molar-refractivity contribution >= 4 is 39.8 Å². The molecule has 0 amide bonds. The molecule has 1 rings (SSSR count). The van der Waals surface area contributed by atoms with Crippen molar-refractivity contribution in [3.63, 3.8) is 0 Å². The number of hydrogen-bond donors (Lipinski definition) is 2. The average molecular weight is 432 g/mol. The summed E-state index contributed by atoms with van der Waals surface area (Å²) in [6.45, 7) is 5.73. The van der Waals surface area contributed by atoms with Crippen molar-refractivity contribution in [3.05, 3.63) is 0 Å². The number of aliphatic imine (C=N–C) groups is 1. The second-order valence-corrected chi connectivity index (χ2v) is 7.55. The van der Waals surface area contributed by atoms with Crippen molar-refractivity contribution in [2.75, 3.05) is 44.2 Å². The summed E-state index contributed by atoms with van der Waals surface area (Å²) >= 11 is 0. The third-order valence-corrected chi connectivity index (χ3v) is 5.07. The summed E-state index contributed by atoms with van der Waals surface area (Å²) in [7, 11) is -2.79. The lowest BCUT2D eigenvalue weighted by molar-refractivity contribution is 0.300. The van der Waals surface area contributed by atoms with Crippen molar-refractivity contribution in [3.8, 4) is 0 Å². The number of nitrogens with two attached hydrogens (primary N) is 1. The number of hydrogen-bond acceptors (Lipinski definition) is 4. The molecule has 0 aromatic rings. The highest BCUT2D eigenvalue weighted by atomic mass is 127. The van der Waals surface area contributed by atoms with Crippen LogP contribution in [0.3, 0.4) is 0 Å². The van der Waals surface area contributed by atoms with E-state index in [0.29, 0.717) is 25.6 Å². The number of halogens is 1. The number of unbranched alkanes of at least 4 members (excludes halogenated alkanes) is 3. The Bertz CT molecular complexity index is 387. The van der Waals surface area contributed by atoms with E-state index in [4.69, 9.17) is 5.73 Å². The molecule has 126 valence electrons. The number of nitrogens with one attached hydrogen (secondary N) is 1. The van der Waals surface area contributed by atoms with E-state index in [0.717, 1.165) is 19.5 Å². The van der Waals surface area contributed by atoms with E-state index in [9.17, 15) is 8.42 Å². The highest BCUT2D eigenvalue weighted by Crippen LogP contribution is 2.02. The number of nitrogens with zero attached hydrogens (tertiary/aromatic N) is 2. The lowest BCUT2D eigenvalue weighted by Gasteiger charge is -2.26. The highest BCUT2D eigenvalue weighted by molar-refractivity contribution is 14.0. The van der Waals surface area contributed by atoms with Gasteiger partial charge in [0, 0.05) is 32.7 Å². The average Bonchev–Trinajstić information content (AvgIpc) is 2.40. The van der Waals surface area contributed by atoms with Crippen molar-refractivity contribution in [2.45, 2.75) is 32.6 Å². The van der Waals surface area contributed by atoms with E-state index < -0.39 is 9.84 Å². The molecule has 1 fully saturated rings. The Labute approximate surface area is 145 Å². The molecule has 0 atom stereocenters. The molecule has 0 radical (unpaired) electrons. The van der Waals surface area contributed by atoms with Gasteiger partial charge in [0.05, 0.1) is 11.5 Å². The van der Waals surface area contributed by atoms with Crippen molar-refractivity contribution in [1.82, 2.24) is 10.2 Å². The Hall–Kier alpha value is -0.0900. The predicted molar refractivity (Wildman–Crippen MR) is 99.1 cm³/mol. The minimum atomic E-state index is -2.79. The van der Waals surface area contributed by atoms with Crippen molar-refractivity contribution in [1.29, 1.82) is 0 Å². The smallest absolute Gasteiger partial charge is 0.188 e. The molecule has 3 N–H and O–H groups in total. The van der Waals surface area contributed by atoms with Crippen molar-refractivity contribution < 1.29 is 8.42 Å². The molecule has 1 aliphatic rings. The van der Waals surface area contributed by atoms with Gasteiger partial charge < -0.3 is 11.1 Å². The van der Waals surface area contributed by atoms with Crippen LogP contribution in [0.15, 0.2) is 4.99 Å². The lowest BCUT2D eigenvalue weighted by atomic mass is 10.2. The Balaban J connectivity index is 0.00000400. The van der Waals surface area contributed by atoms with Gasteiger partial charge in [-0.25, -0.2) is 8.42 Å². The van der Waals surface area contributed by atoms with Crippen LogP contribution in [0.25, 0.3) is 0 Å². The van der Waals surface area contributed by atoms with Crippen LogP contribution in [-0.2, 0) is 9.84 Å². The predicted octanol–water partition coefficient (Wildman–Crippen LogP) is 0.819. The third kappa shape index (κ3) is 10.3. The zero-order chi connectivity index (χ0) is 14.8. The van der Waals surface area contributed by atoms with Crippen LogP contribution >= 0.6 is 24.0 Å². The van der Waals surface area contributed by atoms with Gasteiger partial charge in [-0.15, -0.1) is 24.0 Å². The van der Waals surface area contributed by atoms with Crippen LogP contribution in [0, 0.1) is 0 Å². The zero-order valence-electron chi connectivity index (χ0n) is 12.9. The Kier molecular flexibility index (Phi) is 11.4. The van der Waals surface area contributed by atoms with Gasteiger partial charge in [0.25, 0.3) is 0 Å². The van der Waals surface area contributed by atoms with Crippen LogP contribution in [0.4, 0.5) is 0 Å². The Morgan fingerprint density at radius 3 is 2.52 bits per heavy atom. The molecule has 0 unspecified atom stereocenters. The molecule has 0 aromatic heterocycles. The molecule has 0 aliphatic carbocycles. The monoisotopic (exact) mass is 432 g/mol. The molecular weight excluding hydrogens is 403 g/mol. The molecule has 1 aliphatic heterocycles. The molecule has 0 spiro atoms. The van der Waals surface area contributed by atoms with Gasteiger partial charge in [-0.05, 0) is 6.42 Å². The fourth-order valence-corrected chi connectivity index (χ4v) is 3.39. The van der Waals surface area contributed by atoms with Crippen LogP contribution in [0.5, 0.6) is 0 Å². The van der Waals surface area contributed by atoms with E-state index in [-0.39, 0.29) is 35.5 Å². The van der Waals surface area contributed by atoms with Gasteiger partial charge in [-0.3, -0.25) is 9.89 Å². The largest absolute Gasteiger partial charge is 0.370 e. The summed E-state index contributed by atoms with van der Waals surface area (Å²) in [6, 6.07) is 0. The quantitative estimate of drug-likeness (QED) is 0.257. The van der Waals surface area contributed by atoms with Gasteiger partial charge >= 0.3 is 0 Å². The summed E-state index contributed by atoms with van der Waals surface area (Å²) in [4.78, 5) is 6.41. The normalized spacial score (nSPS) is 19.0. The fraction of sp³-hybridized carbons (Fsp3) is 0.923. The van der Waals surface area contributed by atoms with E-state index in [1.807, 2.05) is 0 Å². The summed E-state index contributed by atoms with van der Waals surface area (Å²) in [5, 5.41) is 3.08. The second-order valence-electron chi connectivity index (χ2n) is 5.25. The maximum Gasteiger partial charge on any atom is 0.188 e. The molecule has 0 bridgehead atoms. The van der Waals surface area contributed by atoms with Gasteiger partial charge in [0.2, 0.25) is 0 Å². The first-order valence-electron chi connectivity index (χ1n) is 7.50. The van der Waals surface area contributed by atoms with E-state index in [1.165, 1.54) is 19.3 Å². The van der Waals surface area contributed by atoms with E-state index in [1.54, 1.807) is 0 Å². The maximum atomic E-state index is 11.3. The molecule has 8 heteroatoms. The van der Waals surface area contributed by atoms with Crippen LogP contribution in [-0.4, -0.2) is 63.5 Å². The highest BCUT2D eigenvalue weighted by Gasteiger charge is 2.20. The first-order chi connectivity index (χ1) is 9.53. The fourth-order valence-electron chi connectivity index (χ4n) is 2.11. The van der Waals surface area contributed by atoms with Crippen LogP contribution in [0.1, 0.15) is 32.6 Å². The van der Waals surface area contributed by atoms with Crippen LogP contribution < -0.4 is 11.1 Å². The Morgan fingerprint density at radius 2 is 1.90 bits per heavy atom. The molecule has 1 saturated heterocycles. The number of guanidine groups is 1. The SMILES string of the molecule is CCCCCCN=C(N)NCCN1CCS(=O)(=O)CC1.I. The van der Waals surface area contributed by atoms with E-state index in [2.05, 4.69) is 22.1 Å². The first kappa shape index (κ1) is 20.9. The minimum Gasteiger partial charge on any atom is -0.370 e. The third-order valence-electron chi connectivity index (χ3n) is 3.47. The maximum absolute atomic E-state index is 11.3. The molecule has 0 aromatic carbocycles. The lowest BCUT2D eigenvalue weighted by Crippen LogP contribution is -2.44. The Morgan fingerprint density at radius 1 is 1.24 bits per heavy atom. The standard InChI is InChI=1S/C13H28N4O2S.HI/c1-2-3-4-5-6-15-13(14)16-7-8-17-9-11-20(18,19)12-10-17;/h2-12H2,1H3,(H3,14,15,16);1H. The summed E-state index contributed by atoms with van der Waals surface area (Å²) in [5.74, 6) is 1.04. The van der Waals surface area contributed by atoms with Gasteiger partial charge in [-0.1, -0.05) is 26.2 Å². The number of sulfone groups is 1.